The van der Waals surface area contributed by atoms with Crippen LogP contribution in [0.1, 0.15) is 32.6 Å². The van der Waals surface area contributed by atoms with Crippen molar-refractivity contribution in [3.8, 4) is 0 Å². The minimum Gasteiger partial charge on any atom is -0.386 e. The van der Waals surface area contributed by atoms with Crippen molar-refractivity contribution in [1.82, 2.24) is 4.90 Å². The highest BCUT2D eigenvalue weighted by Gasteiger charge is 2.53. The van der Waals surface area contributed by atoms with Gasteiger partial charge < -0.3 is 15.7 Å². The number of nitrogens with two attached hydrogens (primary N) is 1. The topological polar surface area (TPSA) is 66.6 Å². The molecule has 1 aliphatic heterocycles. The van der Waals surface area contributed by atoms with Gasteiger partial charge in [0.05, 0.1) is 19.1 Å². The summed E-state index contributed by atoms with van der Waals surface area (Å²) in [6, 6.07) is -0.376. The van der Waals surface area contributed by atoms with Crippen molar-refractivity contribution in [2.45, 2.75) is 44.2 Å². The number of aliphatic hydroxyl groups is 1. The van der Waals surface area contributed by atoms with E-state index < -0.39 is 5.60 Å². The van der Waals surface area contributed by atoms with Gasteiger partial charge >= 0.3 is 0 Å². The summed E-state index contributed by atoms with van der Waals surface area (Å²) in [5.41, 5.74) is 5.16. The Labute approximate surface area is 90.4 Å². The number of hydrogen-bond donors (Lipinski definition) is 2. The van der Waals surface area contributed by atoms with Crippen LogP contribution in [-0.4, -0.2) is 40.6 Å². The van der Waals surface area contributed by atoms with E-state index in [9.17, 15) is 9.90 Å². The van der Waals surface area contributed by atoms with E-state index in [1.807, 2.05) is 6.92 Å². The molecule has 2 aliphatic rings. The SMILES string of the molecule is CCC[C@H](N)C(=O)N1CC(O)(C2CC2)C1. The molecule has 1 saturated heterocycles. The molecule has 0 unspecified atom stereocenters. The monoisotopic (exact) mass is 212 g/mol. The third-order valence-corrected chi connectivity index (χ3v) is 3.50. The first-order chi connectivity index (χ1) is 7.07. The molecule has 4 heteroatoms. The minimum absolute atomic E-state index is 0.00201. The Morgan fingerprint density at radius 3 is 2.67 bits per heavy atom. The molecule has 15 heavy (non-hydrogen) atoms. The smallest absolute Gasteiger partial charge is 0.239 e. The zero-order valence-electron chi connectivity index (χ0n) is 9.28. The summed E-state index contributed by atoms with van der Waals surface area (Å²) in [5, 5.41) is 10.0. The number of carbonyl (C=O) groups excluding carboxylic acids is 1. The summed E-state index contributed by atoms with van der Waals surface area (Å²) in [4.78, 5) is 13.4. The van der Waals surface area contributed by atoms with Crippen LogP contribution < -0.4 is 5.73 Å². The molecular weight excluding hydrogens is 192 g/mol. The zero-order valence-corrected chi connectivity index (χ0v) is 9.28. The van der Waals surface area contributed by atoms with E-state index in [-0.39, 0.29) is 11.9 Å². The van der Waals surface area contributed by atoms with Gasteiger partial charge in [-0.15, -0.1) is 0 Å². The van der Waals surface area contributed by atoms with Crippen LogP contribution in [0.25, 0.3) is 0 Å². The van der Waals surface area contributed by atoms with Gasteiger partial charge in [-0.3, -0.25) is 4.79 Å². The minimum atomic E-state index is -0.582. The van der Waals surface area contributed by atoms with Gasteiger partial charge in [-0.25, -0.2) is 0 Å². The molecule has 0 bridgehead atoms. The second-order valence-electron chi connectivity index (χ2n) is 4.97. The van der Waals surface area contributed by atoms with E-state index in [4.69, 9.17) is 5.73 Å². The summed E-state index contributed by atoms with van der Waals surface area (Å²) in [7, 11) is 0. The van der Waals surface area contributed by atoms with Crippen LogP contribution in [0.2, 0.25) is 0 Å². The Hall–Kier alpha value is -0.610. The molecule has 1 saturated carbocycles. The molecule has 2 fully saturated rings. The molecule has 0 aromatic rings. The number of amides is 1. The van der Waals surface area contributed by atoms with Gasteiger partial charge in [0.25, 0.3) is 0 Å². The maximum Gasteiger partial charge on any atom is 0.239 e. The van der Waals surface area contributed by atoms with E-state index in [0.717, 1.165) is 25.7 Å². The molecule has 1 aliphatic carbocycles. The molecule has 0 radical (unpaired) electrons. The highest BCUT2D eigenvalue weighted by atomic mass is 16.3. The van der Waals surface area contributed by atoms with Gasteiger partial charge in [0.1, 0.15) is 5.60 Å². The lowest BCUT2D eigenvalue weighted by atomic mass is 9.88. The molecule has 1 amide bonds. The first-order valence-electron chi connectivity index (χ1n) is 5.83. The van der Waals surface area contributed by atoms with Gasteiger partial charge in [0.2, 0.25) is 5.91 Å². The van der Waals surface area contributed by atoms with Gasteiger partial charge in [-0.1, -0.05) is 13.3 Å². The standard InChI is InChI=1S/C11H20N2O2/c1-2-3-9(12)10(14)13-6-11(15,7-13)8-4-5-8/h8-9,15H,2-7,12H2,1H3/t9-/m0/s1. The van der Waals surface area contributed by atoms with Crippen LogP contribution >= 0.6 is 0 Å². The van der Waals surface area contributed by atoms with Gasteiger partial charge in [-0.05, 0) is 25.2 Å². The lowest BCUT2D eigenvalue weighted by molar-refractivity contribution is -0.160. The Bertz CT molecular complexity index is 257. The van der Waals surface area contributed by atoms with Crippen LogP contribution in [0, 0.1) is 5.92 Å². The number of nitrogens with zero attached hydrogens (tertiary/aromatic N) is 1. The number of β-amino-alcohol motifs (C(OH)–C–C–N with tert-alkyl or cyclic N) is 1. The number of hydrogen-bond acceptors (Lipinski definition) is 3. The lowest BCUT2D eigenvalue weighted by Gasteiger charge is -2.47. The van der Waals surface area contributed by atoms with Crippen LogP contribution in [-0.2, 0) is 4.79 Å². The van der Waals surface area contributed by atoms with Crippen LogP contribution in [0.3, 0.4) is 0 Å². The maximum atomic E-state index is 11.7. The summed E-state index contributed by atoms with van der Waals surface area (Å²) < 4.78 is 0. The van der Waals surface area contributed by atoms with Gasteiger partial charge in [-0.2, -0.15) is 0 Å². The molecule has 4 nitrogen and oxygen atoms in total. The molecule has 1 atom stereocenters. The molecule has 0 aromatic heterocycles. The Balaban J connectivity index is 1.80. The van der Waals surface area contributed by atoms with Crippen molar-refractivity contribution in [2.75, 3.05) is 13.1 Å². The molecular formula is C11H20N2O2. The Morgan fingerprint density at radius 2 is 2.20 bits per heavy atom. The number of carbonyl (C=O) groups is 1. The molecule has 0 spiro atoms. The summed E-state index contributed by atoms with van der Waals surface area (Å²) in [6.07, 6.45) is 3.88. The second kappa shape index (κ2) is 3.76. The third kappa shape index (κ3) is 2.01. The van der Waals surface area contributed by atoms with E-state index in [1.165, 1.54) is 0 Å². The van der Waals surface area contributed by atoms with Crippen molar-refractivity contribution in [1.29, 1.82) is 0 Å². The first-order valence-corrected chi connectivity index (χ1v) is 5.83. The van der Waals surface area contributed by atoms with Gasteiger partial charge in [0, 0.05) is 0 Å². The molecule has 3 N–H and O–H groups in total. The fraction of sp³-hybridized carbons (Fsp3) is 0.909. The highest BCUT2D eigenvalue weighted by molar-refractivity contribution is 5.82. The van der Waals surface area contributed by atoms with Crippen molar-refractivity contribution in [3.05, 3.63) is 0 Å². The molecule has 1 heterocycles. The predicted octanol–water partition coefficient (Wildman–Crippen LogP) is 0.0971. The number of likely N-dealkylation sites (tertiary alicyclic amines) is 1. The number of rotatable bonds is 4. The fourth-order valence-electron chi connectivity index (χ4n) is 2.32. The van der Waals surface area contributed by atoms with Crippen LogP contribution in [0.5, 0.6) is 0 Å². The second-order valence-corrected chi connectivity index (χ2v) is 4.97. The largest absolute Gasteiger partial charge is 0.386 e. The summed E-state index contributed by atoms with van der Waals surface area (Å²) in [5.74, 6) is 0.436. The van der Waals surface area contributed by atoms with E-state index in [0.29, 0.717) is 19.0 Å². The molecule has 86 valence electrons. The average Bonchev–Trinajstić information content (AvgIpc) is 2.95. The van der Waals surface area contributed by atoms with E-state index >= 15 is 0 Å². The van der Waals surface area contributed by atoms with Crippen molar-refractivity contribution >= 4 is 5.91 Å². The van der Waals surface area contributed by atoms with E-state index in [2.05, 4.69) is 0 Å². The van der Waals surface area contributed by atoms with Crippen LogP contribution in [0.15, 0.2) is 0 Å². The fourth-order valence-corrected chi connectivity index (χ4v) is 2.32. The lowest BCUT2D eigenvalue weighted by Crippen LogP contribution is -2.66. The van der Waals surface area contributed by atoms with Gasteiger partial charge in [0.15, 0.2) is 0 Å². The Kier molecular flexibility index (Phi) is 2.73. The first kappa shape index (κ1) is 10.9. The Morgan fingerprint density at radius 1 is 1.60 bits per heavy atom. The predicted molar refractivity (Wildman–Crippen MR) is 57.1 cm³/mol. The maximum absolute atomic E-state index is 11.7. The molecule has 0 aromatic carbocycles. The van der Waals surface area contributed by atoms with E-state index in [1.54, 1.807) is 4.90 Å². The third-order valence-electron chi connectivity index (χ3n) is 3.50. The van der Waals surface area contributed by atoms with Crippen molar-refractivity contribution < 1.29 is 9.90 Å². The zero-order chi connectivity index (χ0) is 11.1. The summed E-state index contributed by atoms with van der Waals surface area (Å²) in [6.45, 7) is 3.01. The highest BCUT2D eigenvalue weighted by Crippen LogP contribution is 2.44. The normalized spacial score (nSPS) is 25.9. The quantitative estimate of drug-likeness (QED) is 0.694. The average molecular weight is 212 g/mol. The summed E-state index contributed by atoms with van der Waals surface area (Å²) >= 11 is 0. The van der Waals surface area contributed by atoms with Crippen molar-refractivity contribution in [2.24, 2.45) is 11.7 Å². The van der Waals surface area contributed by atoms with Crippen LogP contribution in [0.4, 0.5) is 0 Å². The van der Waals surface area contributed by atoms with Crippen molar-refractivity contribution in [3.63, 3.8) is 0 Å². The molecule has 2 rings (SSSR count).